The van der Waals surface area contributed by atoms with Crippen molar-refractivity contribution in [2.75, 3.05) is 0 Å². The highest BCUT2D eigenvalue weighted by molar-refractivity contribution is 7.25. The lowest BCUT2D eigenvalue weighted by Gasteiger charge is -2.09. The summed E-state index contributed by atoms with van der Waals surface area (Å²) in [6, 6.07) is 8.02. The van der Waals surface area contributed by atoms with Gasteiger partial charge in [0.05, 0.1) is 11.3 Å². The van der Waals surface area contributed by atoms with Gasteiger partial charge in [0.1, 0.15) is 15.0 Å². The monoisotopic (exact) mass is 362 g/mol. The van der Waals surface area contributed by atoms with E-state index in [1.807, 2.05) is 6.92 Å². The van der Waals surface area contributed by atoms with E-state index in [4.69, 9.17) is 0 Å². The summed E-state index contributed by atoms with van der Waals surface area (Å²) in [4.78, 5) is 17.7. The molecule has 4 rings (SSSR count). The Balaban J connectivity index is 1.96. The molecule has 0 amide bonds. The number of nitrogens with zero attached hydrogens (tertiary/aromatic N) is 4. The first kappa shape index (κ1) is 15.7. The second kappa shape index (κ2) is 5.35. The number of hydrogen-bond acceptors (Lipinski definition) is 5. The van der Waals surface area contributed by atoms with Gasteiger partial charge in [-0.25, -0.2) is 4.98 Å². The van der Waals surface area contributed by atoms with Gasteiger partial charge in [0, 0.05) is 11.1 Å². The van der Waals surface area contributed by atoms with Crippen molar-refractivity contribution in [1.29, 1.82) is 0 Å². The molecule has 0 atom stereocenters. The molecule has 0 radical (unpaired) electrons. The van der Waals surface area contributed by atoms with E-state index in [0.717, 1.165) is 33.8 Å². The number of pyridine rings is 1. The van der Waals surface area contributed by atoms with Crippen LogP contribution in [0.4, 0.5) is 13.2 Å². The van der Waals surface area contributed by atoms with Crippen molar-refractivity contribution in [3.8, 4) is 5.69 Å². The molecule has 0 N–H and O–H groups in total. The number of aromatic nitrogens is 4. The number of halogens is 3. The van der Waals surface area contributed by atoms with E-state index in [2.05, 4.69) is 15.3 Å². The van der Waals surface area contributed by atoms with Gasteiger partial charge in [0.2, 0.25) is 0 Å². The average Bonchev–Trinajstić information content (AvgIpc) is 2.93. The Morgan fingerprint density at radius 1 is 1.16 bits per heavy atom. The zero-order valence-electron chi connectivity index (χ0n) is 12.7. The first-order valence-electron chi connectivity index (χ1n) is 7.18. The van der Waals surface area contributed by atoms with E-state index >= 15 is 0 Å². The van der Waals surface area contributed by atoms with Crippen LogP contribution in [0, 0.1) is 6.92 Å². The Morgan fingerprint density at radius 2 is 1.96 bits per heavy atom. The minimum atomic E-state index is -4.50. The fourth-order valence-corrected chi connectivity index (χ4v) is 3.59. The summed E-state index contributed by atoms with van der Waals surface area (Å²) in [7, 11) is 0. The van der Waals surface area contributed by atoms with Crippen LogP contribution in [0.25, 0.3) is 26.1 Å². The maximum absolute atomic E-state index is 12.9. The molecule has 0 unspecified atom stereocenters. The van der Waals surface area contributed by atoms with Crippen LogP contribution in [0.3, 0.4) is 0 Å². The summed E-state index contributed by atoms with van der Waals surface area (Å²) < 4.78 is 39.8. The summed E-state index contributed by atoms with van der Waals surface area (Å²) in [5, 5.41) is 8.54. The summed E-state index contributed by atoms with van der Waals surface area (Å²) in [6.45, 7) is 1.83. The number of rotatable bonds is 1. The van der Waals surface area contributed by atoms with Crippen LogP contribution in [0.2, 0.25) is 0 Å². The smallest absolute Gasteiger partial charge is 0.266 e. The maximum atomic E-state index is 12.9. The molecule has 0 bridgehead atoms. The van der Waals surface area contributed by atoms with Crippen molar-refractivity contribution in [2.24, 2.45) is 0 Å². The molecule has 3 heterocycles. The van der Waals surface area contributed by atoms with Crippen LogP contribution in [0.5, 0.6) is 0 Å². The molecule has 25 heavy (non-hydrogen) atoms. The van der Waals surface area contributed by atoms with Crippen LogP contribution in [0.1, 0.15) is 11.3 Å². The number of alkyl halides is 3. The third-order valence-electron chi connectivity index (χ3n) is 3.71. The molecule has 0 saturated carbocycles. The van der Waals surface area contributed by atoms with Gasteiger partial charge in [-0.15, -0.1) is 16.4 Å². The molecule has 5 nitrogen and oxygen atoms in total. The average molecular weight is 362 g/mol. The van der Waals surface area contributed by atoms with Crippen molar-refractivity contribution >= 4 is 31.8 Å². The lowest BCUT2D eigenvalue weighted by molar-refractivity contribution is -0.137. The molecular weight excluding hydrogens is 353 g/mol. The molecule has 4 aromatic rings. The highest BCUT2D eigenvalue weighted by atomic mass is 32.1. The maximum Gasteiger partial charge on any atom is 0.416 e. The molecule has 0 fully saturated rings. The van der Waals surface area contributed by atoms with Gasteiger partial charge in [-0.05, 0) is 37.3 Å². The van der Waals surface area contributed by atoms with Crippen molar-refractivity contribution in [3.63, 3.8) is 0 Å². The number of hydrogen-bond donors (Lipinski definition) is 0. The normalized spacial score (nSPS) is 12.2. The van der Waals surface area contributed by atoms with Crippen LogP contribution in [-0.2, 0) is 6.18 Å². The highest BCUT2D eigenvalue weighted by Crippen LogP contribution is 2.31. The molecule has 0 aliphatic rings. The zero-order chi connectivity index (χ0) is 17.8. The molecule has 3 aromatic heterocycles. The van der Waals surface area contributed by atoms with Gasteiger partial charge in [-0.1, -0.05) is 11.3 Å². The zero-order valence-corrected chi connectivity index (χ0v) is 13.5. The second-order valence-corrected chi connectivity index (χ2v) is 6.44. The van der Waals surface area contributed by atoms with Gasteiger partial charge < -0.3 is 0 Å². The minimum Gasteiger partial charge on any atom is -0.266 e. The van der Waals surface area contributed by atoms with Crippen LogP contribution >= 0.6 is 11.3 Å². The molecule has 0 saturated heterocycles. The van der Waals surface area contributed by atoms with E-state index in [9.17, 15) is 18.0 Å². The van der Waals surface area contributed by atoms with E-state index in [0.29, 0.717) is 20.4 Å². The fourth-order valence-electron chi connectivity index (χ4n) is 2.51. The molecule has 0 aliphatic carbocycles. The highest BCUT2D eigenvalue weighted by Gasteiger charge is 2.30. The Morgan fingerprint density at radius 3 is 2.72 bits per heavy atom. The molecule has 0 aliphatic heterocycles. The third-order valence-corrected chi connectivity index (χ3v) is 4.78. The Labute approximate surface area is 142 Å². The van der Waals surface area contributed by atoms with Gasteiger partial charge in [0.15, 0.2) is 0 Å². The standard InChI is InChI=1S/C16H9F3N4OS/c1-8-5-6-11-12-13(25-14(11)20-8)15(24)23(22-21-12)10-4-2-3-9(7-10)16(17,18)19/h2-7H,1H3. The quantitative estimate of drug-likeness (QED) is 0.518. The Bertz CT molecular complexity index is 1180. The van der Waals surface area contributed by atoms with Gasteiger partial charge in [-0.3, -0.25) is 4.79 Å². The number of benzene rings is 1. The van der Waals surface area contributed by atoms with Crippen LogP contribution < -0.4 is 5.56 Å². The molecule has 0 spiro atoms. The summed E-state index contributed by atoms with van der Waals surface area (Å²) in [5.74, 6) is 0. The van der Waals surface area contributed by atoms with E-state index in [-0.39, 0.29) is 5.69 Å². The minimum absolute atomic E-state index is 0.0100. The van der Waals surface area contributed by atoms with Crippen molar-refractivity contribution < 1.29 is 13.2 Å². The SMILES string of the molecule is Cc1ccc2c(n1)sc1c(=O)n(-c3cccc(C(F)(F)F)c3)nnc12. The Kier molecular flexibility index (Phi) is 3.36. The lowest BCUT2D eigenvalue weighted by Crippen LogP contribution is -2.22. The van der Waals surface area contributed by atoms with Crippen molar-refractivity contribution in [3.05, 3.63) is 58.0 Å². The fraction of sp³-hybridized carbons (Fsp3) is 0.125. The van der Waals surface area contributed by atoms with E-state index in [1.54, 1.807) is 12.1 Å². The van der Waals surface area contributed by atoms with Crippen LogP contribution in [0.15, 0.2) is 41.2 Å². The van der Waals surface area contributed by atoms with Gasteiger partial charge in [0.25, 0.3) is 5.56 Å². The molecule has 1 aromatic carbocycles. The van der Waals surface area contributed by atoms with Gasteiger partial charge >= 0.3 is 6.18 Å². The van der Waals surface area contributed by atoms with E-state index in [1.165, 1.54) is 12.1 Å². The summed E-state index contributed by atoms with van der Waals surface area (Å²) in [6.07, 6.45) is -4.50. The van der Waals surface area contributed by atoms with Crippen LogP contribution in [-0.4, -0.2) is 20.0 Å². The number of thiophene rings is 1. The number of aryl methyl sites for hydroxylation is 1. The van der Waals surface area contributed by atoms with Crippen molar-refractivity contribution in [1.82, 2.24) is 20.0 Å². The lowest BCUT2D eigenvalue weighted by atomic mass is 10.2. The predicted molar refractivity (Wildman–Crippen MR) is 88.1 cm³/mol. The van der Waals surface area contributed by atoms with Gasteiger partial charge in [-0.2, -0.15) is 17.9 Å². The van der Waals surface area contributed by atoms with E-state index < -0.39 is 17.3 Å². The Hall–Kier alpha value is -2.81. The molecule has 126 valence electrons. The first-order valence-corrected chi connectivity index (χ1v) is 8.00. The predicted octanol–water partition coefficient (Wildman–Crippen LogP) is 3.72. The first-order chi connectivity index (χ1) is 11.8. The molecule has 9 heteroatoms. The summed E-state index contributed by atoms with van der Waals surface area (Å²) in [5.41, 5.74) is -0.167. The summed E-state index contributed by atoms with van der Waals surface area (Å²) >= 11 is 1.15. The largest absolute Gasteiger partial charge is 0.416 e. The third kappa shape index (κ3) is 2.56. The topological polar surface area (TPSA) is 60.7 Å². The van der Waals surface area contributed by atoms with Crippen molar-refractivity contribution in [2.45, 2.75) is 13.1 Å². The number of fused-ring (bicyclic) bond motifs is 3. The molecular formula is C16H9F3N4OS. The second-order valence-electron chi connectivity index (χ2n) is 5.44.